The molecule has 0 aliphatic heterocycles. The minimum atomic E-state index is 0.571. The average Bonchev–Trinajstić information content (AvgIpc) is 2.49. The van der Waals surface area contributed by atoms with E-state index in [0.717, 1.165) is 20.9 Å². The first-order chi connectivity index (χ1) is 5.81. The minimum absolute atomic E-state index is 0.571. The summed E-state index contributed by atoms with van der Waals surface area (Å²) in [7, 11) is 0. The van der Waals surface area contributed by atoms with Gasteiger partial charge in [0, 0.05) is 15.2 Å². The summed E-state index contributed by atoms with van der Waals surface area (Å²) >= 11 is 2.21. The van der Waals surface area contributed by atoms with E-state index in [4.69, 9.17) is 0 Å². The molecule has 0 aromatic carbocycles. The molecule has 4 heteroatoms. The van der Waals surface area contributed by atoms with Crippen molar-refractivity contribution in [2.24, 2.45) is 0 Å². The Morgan fingerprint density at radius 2 is 2.42 bits per heavy atom. The van der Waals surface area contributed by atoms with E-state index in [2.05, 4.69) is 32.6 Å². The van der Waals surface area contributed by atoms with Crippen molar-refractivity contribution >= 4 is 39.9 Å². The maximum atomic E-state index is 10.4. The average molecular weight is 272 g/mol. The van der Waals surface area contributed by atoms with Crippen LogP contribution >= 0.6 is 22.6 Å². The van der Waals surface area contributed by atoms with Crippen molar-refractivity contribution < 1.29 is 4.79 Å². The summed E-state index contributed by atoms with van der Waals surface area (Å²) in [6, 6.07) is 3.71. The molecule has 2 rings (SSSR count). The Morgan fingerprint density at radius 3 is 3.08 bits per heavy atom. The number of hydrogen-bond acceptors (Lipinski definition) is 2. The summed E-state index contributed by atoms with van der Waals surface area (Å²) in [6.45, 7) is 0. The molecule has 0 fully saturated rings. The Labute approximate surface area is 82.3 Å². The Morgan fingerprint density at radius 1 is 1.58 bits per heavy atom. The smallest absolute Gasteiger partial charge is 0.166 e. The number of carbonyl (C=O) groups is 1. The first kappa shape index (κ1) is 7.72. The number of halogens is 1. The lowest BCUT2D eigenvalue weighted by molar-refractivity contribution is 0.112. The van der Waals surface area contributed by atoms with Crippen molar-refractivity contribution in [3.8, 4) is 0 Å². The lowest BCUT2D eigenvalue weighted by Crippen LogP contribution is -1.78. The van der Waals surface area contributed by atoms with Crippen molar-refractivity contribution in [1.82, 2.24) is 9.97 Å². The maximum Gasteiger partial charge on any atom is 0.166 e. The molecule has 0 unspecified atom stereocenters. The van der Waals surface area contributed by atoms with Gasteiger partial charge in [-0.25, -0.2) is 4.98 Å². The van der Waals surface area contributed by atoms with Gasteiger partial charge in [-0.1, -0.05) is 0 Å². The summed E-state index contributed by atoms with van der Waals surface area (Å²) < 4.78 is 1.10. The van der Waals surface area contributed by atoms with Gasteiger partial charge in [-0.2, -0.15) is 0 Å². The van der Waals surface area contributed by atoms with E-state index in [0.29, 0.717) is 5.69 Å². The first-order valence-corrected chi connectivity index (χ1v) is 4.47. The maximum absolute atomic E-state index is 10.4. The van der Waals surface area contributed by atoms with Gasteiger partial charge in [-0.15, -0.1) is 0 Å². The summed E-state index contributed by atoms with van der Waals surface area (Å²) in [6.07, 6.45) is 2.51. The van der Waals surface area contributed by atoms with E-state index < -0.39 is 0 Å². The topological polar surface area (TPSA) is 45.8 Å². The third-order valence-corrected chi connectivity index (χ3v) is 2.57. The third kappa shape index (κ3) is 1.12. The Hall–Kier alpha value is -0.910. The minimum Gasteiger partial charge on any atom is -0.337 e. The number of H-pyrrole nitrogens is 1. The van der Waals surface area contributed by atoms with Crippen molar-refractivity contribution in [2.75, 3.05) is 0 Å². The zero-order chi connectivity index (χ0) is 8.55. The summed E-state index contributed by atoms with van der Waals surface area (Å²) in [5.74, 6) is 0. The molecule has 0 saturated carbocycles. The van der Waals surface area contributed by atoms with E-state index in [1.807, 2.05) is 6.07 Å². The van der Waals surface area contributed by atoms with Crippen LogP contribution in [0.5, 0.6) is 0 Å². The predicted molar refractivity (Wildman–Crippen MR) is 54.2 cm³/mol. The molecule has 0 aliphatic rings. The zero-order valence-electron chi connectivity index (χ0n) is 6.04. The fourth-order valence-electron chi connectivity index (χ4n) is 1.08. The molecule has 0 amide bonds. The standard InChI is InChI=1S/C8H5IN2O/c9-7-1-2-10-8-6(7)3-5(4-12)11-8/h1-4H,(H,10,11). The highest BCUT2D eigenvalue weighted by molar-refractivity contribution is 14.1. The van der Waals surface area contributed by atoms with Crippen LogP contribution in [-0.2, 0) is 0 Å². The van der Waals surface area contributed by atoms with Gasteiger partial charge < -0.3 is 4.98 Å². The van der Waals surface area contributed by atoms with E-state index in [1.54, 1.807) is 12.3 Å². The van der Waals surface area contributed by atoms with Crippen LogP contribution in [0.15, 0.2) is 18.3 Å². The molecular formula is C8H5IN2O. The molecule has 0 atom stereocenters. The quantitative estimate of drug-likeness (QED) is 0.637. The number of hydrogen-bond donors (Lipinski definition) is 1. The number of nitrogens with one attached hydrogen (secondary N) is 1. The summed E-state index contributed by atoms with van der Waals surface area (Å²) in [5.41, 5.74) is 1.34. The number of aromatic amines is 1. The molecule has 0 spiro atoms. The van der Waals surface area contributed by atoms with E-state index >= 15 is 0 Å². The zero-order valence-corrected chi connectivity index (χ0v) is 8.20. The van der Waals surface area contributed by atoms with Crippen molar-refractivity contribution in [3.63, 3.8) is 0 Å². The van der Waals surface area contributed by atoms with Crippen LogP contribution in [-0.4, -0.2) is 16.3 Å². The molecule has 1 N–H and O–H groups in total. The van der Waals surface area contributed by atoms with Crippen LogP contribution in [0, 0.1) is 3.57 Å². The number of nitrogens with zero attached hydrogens (tertiary/aromatic N) is 1. The molecule has 60 valence electrons. The molecule has 0 radical (unpaired) electrons. The SMILES string of the molecule is O=Cc1cc2c(I)ccnc2[nH]1. The molecule has 2 aromatic rings. The predicted octanol–water partition coefficient (Wildman–Crippen LogP) is 1.98. The number of aromatic nitrogens is 2. The van der Waals surface area contributed by atoms with Crippen LogP contribution in [0.2, 0.25) is 0 Å². The largest absolute Gasteiger partial charge is 0.337 e. The van der Waals surface area contributed by atoms with E-state index in [9.17, 15) is 4.79 Å². The van der Waals surface area contributed by atoms with Crippen molar-refractivity contribution in [1.29, 1.82) is 0 Å². The second kappa shape index (κ2) is 2.85. The van der Waals surface area contributed by atoms with E-state index in [-0.39, 0.29) is 0 Å². The van der Waals surface area contributed by atoms with Crippen LogP contribution in [0.3, 0.4) is 0 Å². The van der Waals surface area contributed by atoms with Crippen LogP contribution < -0.4 is 0 Å². The highest BCUT2D eigenvalue weighted by atomic mass is 127. The summed E-state index contributed by atoms with van der Waals surface area (Å²) in [5, 5.41) is 1.00. The van der Waals surface area contributed by atoms with E-state index in [1.165, 1.54) is 0 Å². The van der Waals surface area contributed by atoms with Gasteiger partial charge in [0.25, 0.3) is 0 Å². The van der Waals surface area contributed by atoms with Crippen molar-refractivity contribution in [3.05, 3.63) is 27.6 Å². The number of rotatable bonds is 1. The van der Waals surface area contributed by atoms with Gasteiger partial charge in [0.1, 0.15) is 5.65 Å². The lowest BCUT2D eigenvalue weighted by atomic mass is 10.3. The van der Waals surface area contributed by atoms with Crippen molar-refractivity contribution in [2.45, 2.75) is 0 Å². The van der Waals surface area contributed by atoms with Crippen LogP contribution in [0.1, 0.15) is 10.5 Å². The lowest BCUT2D eigenvalue weighted by Gasteiger charge is -1.89. The second-order valence-corrected chi connectivity index (χ2v) is 3.56. The number of carbonyl (C=O) groups excluding carboxylic acids is 1. The number of aldehydes is 1. The summed E-state index contributed by atoms with van der Waals surface area (Å²) in [4.78, 5) is 17.4. The molecule has 0 saturated heterocycles. The molecule has 0 aliphatic carbocycles. The van der Waals surface area contributed by atoms with Gasteiger partial charge in [0.05, 0.1) is 5.69 Å². The van der Waals surface area contributed by atoms with Gasteiger partial charge in [-0.3, -0.25) is 4.79 Å². The molecular weight excluding hydrogens is 267 g/mol. The second-order valence-electron chi connectivity index (χ2n) is 2.40. The number of fused-ring (bicyclic) bond motifs is 1. The number of pyridine rings is 1. The monoisotopic (exact) mass is 272 g/mol. The van der Waals surface area contributed by atoms with Gasteiger partial charge in [0.2, 0.25) is 0 Å². The van der Waals surface area contributed by atoms with Gasteiger partial charge >= 0.3 is 0 Å². The first-order valence-electron chi connectivity index (χ1n) is 3.39. The Balaban J connectivity index is 2.82. The molecule has 0 bridgehead atoms. The van der Waals surface area contributed by atoms with Crippen LogP contribution in [0.25, 0.3) is 11.0 Å². The molecule has 2 aromatic heterocycles. The highest BCUT2D eigenvalue weighted by Gasteiger charge is 2.02. The van der Waals surface area contributed by atoms with Crippen LogP contribution in [0.4, 0.5) is 0 Å². The normalized spacial score (nSPS) is 10.4. The Bertz CT molecular complexity index is 436. The fraction of sp³-hybridized carbons (Fsp3) is 0. The Kier molecular flexibility index (Phi) is 1.84. The third-order valence-electron chi connectivity index (χ3n) is 1.63. The molecule has 3 nitrogen and oxygen atoms in total. The highest BCUT2D eigenvalue weighted by Crippen LogP contribution is 2.18. The van der Waals surface area contributed by atoms with Gasteiger partial charge in [0.15, 0.2) is 6.29 Å². The fourth-order valence-corrected chi connectivity index (χ4v) is 1.65. The molecule has 12 heavy (non-hydrogen) atoms. The van der Waals surface area contributed by atoms with Gasteiger partial charge in [-0.05, 0) is 34.7 Å². The molecule has 2 heterocycles.